The van der Waals surface area contributed by atoms with Gasteiger partial charge in [-0.3, -0.25) is 9.59 Å². The zero-order valence-corrected chi connectivity index (χ0v) is 16.0. The molecule has 0 amide bonds. The van der Waals surface area contributed by atoms with E-state index in [4.69, 9.17) is 4.74 Å². The topological polar surface area (TPSA) is 73.6 Å². The van der Waals surface area contributed by atoms with Crippen molar-refractivity contribution in [1.29, 1.82) is 0 Å². The maximum Gasteiger partial charge on any atom is 0.316 e. The molecule has 0 bridgehead atoms. The van der Waals surface area contributed by atoms with Gasteiger partial charge in [0, 0.05) is 16.7 Å². The second-order valence-corrected chi connectivity index (χ2v) is 7.97. The minimum Gasteiger partial charge on any atom is -0.458 e. The number of esters is 1. The van der Waals surface area contributed by atoms with E-state index in [9.17, 15) is 9.59 Å². The van der Waals surface area contributed by atoms with Gasteiger partial charge in [-0.05, 0) is 29.8 Å². The lowest BCUT2D eigenvalue weighted by molar-refractivity contribution is -0.141. The van der Waals surface area contributed by atoms with Crippen molar-refractivity contribution in [3.05, 3.63) is 69.6 Å². The highest BCUT2D eigenvalue weighted by Crippen LogP contribution is 2.24. The minimum atomic E-state index is -0.330. The highest BCUT2D eigenvalue weighted by molar-refractivity contribution is 8.00. The number of thioether (sulfide) groups is 1. The van der Waals surface area contributed by atoms with Gasteiger partial charge in [0.1, 0.15) is 6.61 Å². The lowest BCUT2D eigenvalue weighted by Crippen LogP contribution is -2.14. The first-order valence-electron chi connectivity index (χ1n) is 8.22. The molecule has 0 aliphatic heterocycles. The predicted molar refractivity (Wildman–Crippen MR) is 106 cm³/mol. The van der Waals surface area contributed by atoms with Crippen LogP contribution in [0.2, 0.25) is 0 Å². The van der Waals surface area contributed by atoms with Crippen LogP contribution in [0.1, 0.15) is 10.7 Å². The second kappa shape index (κ2) is 7.50. The van der Waals surface area contributed by atoms with Crippen molar-refractivity contribution in [2.45, 2.75) is 18.4 Å². The molecule has 4 aromatic rings. The zero-order chi connectivity index (χ0) is 18.8. The van der Waals surface area contributed by atoms with Crippen LogP contribution in [0.15, 0.2) is 58.2 Å². The molecule has 0 N–H and O–H groups in total. The largest absolute Gasteiger partial charge is 0.458 e. The Hall–Kier alpha value is -2.71. The normalized spacial score (nSPS) is 11.1. The number of aryl methyl sites for hydroxylation is 1. The van der Waals surface area contributed by atoms with Crippen LogP contribution in [-0.2, 0) is 16.1 Å². The van der Waals surface area contributed by atoms with Gasteiger partial charge >= 0.3 is 5.97 Å². The molecule has 136 valence electrons. The molecule has 0 saturated heterocycles. The number of nitrogens with zero attached hydrogens (tertiary/aromatic N) is 3. The van der Waals surface area contributed by atoms with Gasteiger partial charge in [0.2, 0.25) is 4.96 Å². The maximum atomic E-state index is 12.0. The molecule has 0 spiro atoms. The van der Waals surface area contributed by atoms with Crippen molar-refractivity contribution in [1.82, 2.24) is 14.6 Å². The van der Waals surface area contributed by atoms with E-state index in [1.54, 1.807) is 6.92 Å². The summed E-state index contributed by atoms with van der Waals surface area (Å²) in [5, 5.41) is 6.99. The van der Waals surface area contributed by atoms with E-state index in [1.165, 1.54) is 39.1 Å². The molecule has 0 aliphatic rings. The molecule has 0 atom stereocenters. The summed E-state index contributed by atoms with van der Waals surface area (Å²) < 4.78 is 6.51. The van der Waals surface area contributed by atoms with E-state index >= 15 is 0 Å². The molecule has 0 fully saturated rings. The number of hydrogen-bond acceptors (Lipinski definition) is 7. The Morgan fingerprint density at radius 1 is 1.19 bits per heavy atom. The smallest absolute Gasteiger partial charge is 0.316 e. The highest BCUT2D eigenvalue weighted by atomic mass is 32.2. The number of aromatic nitrogens is 3. The van der Waals surface area contributed by atoms with Crippen LogP contribution in [-0.4, -0.2) is 26.3 Å². The number of benzene rings is 2. The molecule has 0 saturated carbocycles. The fraction of sp³-hybridized carbons (Fsp3) is 0.158. The molecular weight excluding hydrogens is 382 g/mol. The van der Waals surface area contributed by atoms with E-state index in [0.717, 1.165) is 10.3 Å². The van der Waals surface area contributed by atoms with Crippen LogP contribution < -0.4 is 5.56 Å². The first-order chi connectivity index (χ1) is 13.1. The van der Waals surface area contributed by atoms with Gasteiger partial charge in [0.05, 0.1) is 5.75 Å². The summed E-state index contributed by atoms with van der Waals surface area (Å²) in [6.45, 7) is 1.79. The second-order valence-electron chi connectivity index (χ2n) is 5.88. The molecule has 27 heavy (non-hydrogen) atoms. The lowest BCUT2D eigenvalue weighted by Gasteiger charge is -2.04. The summed E-state index contributed by atoms with van der Waals surface area (Å²) in [7, 11) is 0. The standard InChI is InChI=1S/C19H15N3O3S2/c1-12-8-17(23)22-19(20-12)27-16(21-22)10-25-18(24)11-26-15-7-6-13-4-2-3-5-14(13)9-15/h2-9H,10-11H2,1H3. The van der Waals surface area contributed by atoms with Crippen molar-refractivity contribution in [2.24, 2.45) is 0 Å². The molecule has 0 unspecified atom stereocenters. The third kappa shape index (κ3) is 4.01. The fourth-order valence-corrected chi connectivity index (χ4v) is 4.20. The molecule has 2 aromatic heterocycles. The summed E-state index contributed by atoms with van der Waals surface area (Å²) in [6, 6.07) is 15.6. The summed E-state index contributed by atoms with van der Waals surface area (Å²) in [5.41, 5.74) is 0.400. The van der Waals surface area contributed by atoms with Crippen molar-refractivity contribution in [2.75, 3.05) is 5.75 Å². The zero-order valence-electron chi connectivity index (χ0n) is 14.4. The molecule has 0 radical (unpaired) electrons. The van der Waals surface area contributed by atoms with Gasteiger partial charge in [0.15, 0.2) is 5.01 Å². The highest BCUT2D eigenvalue weighted by Gasteiger charge is 2.11. The first kappa shape index (κ1) is 17.7. The van der Waals surface area contributed by atoms with E-state index in [1.807, 2.05) is 30.3 Å². The van der Waals surface area contributed by atoms with Crippen LogP contribution in [0.5, 0.6) is 0 Å². The Kier molecular flexibility index (Phi) is 4.91. The van der Waals surface area contributed by atoms with E-state index in [0.29, 0.717) is 15.7 Å². The maximum absolute atomic E-state index is 12.0. The Morgan fingerprint density at radius 3 is 2.85 bits per heavy atom. The fourth-order valence-electron chi connectivity index (χ4n) is 2.60. The van der Waals surface area contributed by atoms with Crippen molar-refractivity contribution in [3.8, 4) is 0 Å². The summed E-state index contributed by atoms with van der Waals surface area (Å²) in [5.74, 6) is -0.121. The lowest BCUT2D eigenvalue weighted by atomic mass is 10.1. The minimum absolute atomic E-state index is 0.0314. The Bertz CT molecular complexity index is 1200. The molecular formula is C19H15N3O3S2. The summed E-state index contributed by atoms with van der Waals surface area (Å²) in [4.78, 5) is 29.7. The van der Waals surface area contributed by atoms with Crippen LogP contribution >= 0.6 is 23.1 Å². The van der Waals surface area contributed by atoms with Crippen LogP contribution in [0.3, 0.4) is 0 Å². The third-order valence-corrected chi connectivity index (χ3v) is 5.70. The van der Waals surface area contributed by atoms with Crippen LogP contribution in [0, 0.1) is 6.92 Å². The molecule has 8 heteroatoms. The predicted octanol–water partition coefficient (Wildman–Crippen LogP) is 3.45. The third-order valence-electron chi connectivity index (χ3n) is 3.85. The molecule has 0 aliphatic carbocycles. The van der Waals surface area contributed by atoms with Crippen molar-refractivity contribution in [3.63, 3.8) is 0 Å². The van der Waals surface area contributed by atoms with Gasteiger partial charge in [-0.25, -0.2) is 4.98 Å². The van der Waals surface area contributed by atoms with Gasteiger partial charge in [-0.2, -0.15) is 9.61 Å². The van der Waals surface area contributed by atoms with E-state index < -0.39 is 0 Å². The summed E-state index contributed by atoms with van der Waals surface area (Å²) in [6.07, 6.45) is 0. The first-order valence-corrected chi connectivity index (χ1v) is 10.0. The summed E-state index contributed by atoms with van der Waals surface area (Å²) >= 11 is 2.67. The van der Waals surface area contributed by atoms with Gasteiger partial charge < -0.3 is 4.74 Å². The SMILES string of the molecule is Cc1cc(=O)n2nc(COC(=O)CSc3ccc4ccccc4c3)sc2n1. The van der Waals surface area contributed by atoms with Gasteiger partial charge in [0.25, 0.3) is 5.56 Å². The molecule has 2 heterocycles. The number of ether oxygens (including phenoxy) is 1. The number of hydrogen-bond donors (Lipinski definition) is 0. The number of fused-ring (bicyclic) bond motifs is 2. The number of carbonyl (C=O) groups is 1. The Balaban J connectivity index is 1.36. The Labute approximate surface area is 162 Å². The number of carbonyl (C=O) groups excluding carboxylic acids is 1. The Morgan fingerprint density at radius 2 is 2.00 bits per heavy atom. The monoisotopic (exact) mass is 397 g/mol. The van der Waals surface area contributed by atoms with E-state index in [2.05, 4.69) is 22.2 Å². The quantitative estimate of drug-likeness (QED) is 0.379. The average molecular weight is 397 g/mol. The van der Waals surface area contributed by atoms with Gasteiger partial charge in [-0.15, -0.1) is 11.8 Å². The van der Waals surface area contributed by atoms with Crippen molar-refractivity contribution < 1.29 is 9.53 Å². The average Bonchev–Trinajstić information content (AvgIpc) is 3.08. The molecule has 2 aromatic carbocycles. The molecule has 6 nitrogen and oxygen atoms in total. The van der Waals surface area contributed by atoms with E-state index in [-0.39, 0.29) is 23.9 Å². The van der Waals surface area contributed by atoms with Gasteiger partial charge in [-0.1, -0.05) is 41.7 Å². The van der Waals surface area contributed by atoms with Crippen molar-refractivity contribution >= 4 is 44.8 Å². The number of rotatable bonds is 5. The van der Waals surface area contributed by atoms with Crippen LogP contribution in [0.25, 0.3) is 15.7 Å². The molecule has 4 rings (SSSR count). The van der Waals surface area contributed by atoms with Crippen LogP contribution in [0.4, 0.5) is 0 Å².